The monoisotopic (exact) mass is 251 g/mol. The van der Waals surface area contributed by atoms with Gasteiger partial charge in [-0.25, -0.2) is 9.97 Å². The normalized spacial score (nSPS) is 12.0. The van der Waals surface area contributed by atoms with Crippen molar-refractivity contribution in [2.45, 2.75) is 26.4 Å². The predicted molar refractivity (Wildman–Crippen MR) is 71.6 cm³/mol. The predicted octanol–water partition coefficient (Wildman–Crippen LogP) is 2.29. The Morgan fingerprint density at radius 1 is 1.41 bits per heavy atom. The van der Waals surface area contributed by atoms with E-state index in [1.54, 1.807) is 17.7 Å². The number of nitrogens with zero attached hydrogens (tertiary/aromatic N) is 3. The first kappa shape index (κ1) is 12.3. The molecule has 0 aliphatic heterocycles. The van der Waals surface area contributed by atoms with Crippen LogP contribution in [-0.2, 0) is 0 Å². The van der Waals surface area contributed by atoms with E-state index in [0.29, 0.717) is 6.54 Å². The lowest BCUT2D eigenvalue weighted by Crippen LogP contribution is -2.39. The fourth-order valence-corrected chi connectivity index (χ4v) is 2.67. The van der Waals surface area contributed by atoms with Gasteiger partial charge in [-0.05, 0) is 32.2 Å². The zero-order chi connectivity index (χ0) is 12.5. The first-order valence-electron chi connectivity index (χ1n) is 5.67. The number of fused-ring (bicyclic) bond motifs is 1. The number of hydrogen-bond acceptors (Lipinski definition) is 5. The zero-order valence-corrected chi connectivity index (χ0v) is 11.2. The SMILES string of the molecule is CCN(CC(C)(C)O)c1ncnc2ccsc12. The van der Waals surface area contributed by atoms with E-state index in [4.69, 9.17) is 0 Å². The van der Waals surface area contributed by atoms with Gasteiger partial charge in [-0.2, -0.15) is 0 Å². The van der Waals surface area contributed by atoms with Crippen molar-refractivity contribution in [3.63, 3.8) is 0 Å². The van der Waals surface area contributed by atoms with Crippen LogP contribution in [0.4, 0.5) is 5.82 Å². The van der Waals surface area contributed by atoms with Crippen LogP contribution in [0.25, 0.3) is 10.2 Å². The third-order valence-corrected chi connectivity index (χ3v) is 3.38. The number of likely N-dealkylation sites (N-methyl/N-ethyl adjacent to an activating group) is 1. The molecular weight excluding hydrogens is 234 g/mol. The summed E-state index contributed by atoms with van der Waals surface area (Å²) >= 11 is 1.64. The summed E-state index contributed by atoms with van der Waals surface area (Å²) in [6.45, 7) is 7.06. The number of hydrogen-bond donors (Lipinski definition) is 1. The Morgan fingerprint density at radius 3 is 2.82 bits per heavy atom. The molecule has 5 heteroatoms. The Balaban J connectivity index is 2.39. The van der Waals surface area contributed by atoms with Crippen LogP contribution in [0.5, 0.6) is 0 Å². The molecule has 2 rings (SSSR count). The van der Waals surface area contributed by atoms with Crippen LogP contribution in [0.15, 0.2) is 17.8 Å². The average Bonchev–Trinajstić information content (AvgIpc) is 2.72. The second kappa shape index (κ2) is 4.58. The molecular formula is C12H17N3OS. The Labute approximate surface area is 105 Å². The second-order valence-corrected chi connectivity index (χ2v) is 5.57. The standard InChI is InChI=1S/C12H17N3OS/c1-4-15(7-12(2,3)16)11-10-9(5-6-17-10)13-8-14-11/h5-6,8,16H,4,7H2,1-3H3. The van der Waals surface area contributed by atoms with Gasteiger partial charge in [-0.3, -0.25) is 0 Å². The Hall–Kier alpha value is -1.20. The van der Waals surface area contributed by atoms with Crippen molar-refractivity contribution in [1.29, 1.82) is 0 Å². The second-order valence-electron chi connectivity index (χ2n) is 4.66. The quantitative estimate of drug-likeness (QED) is 0.905. The summed E-state index contributed by atoms with van der Waals surface area (Å²) in [4.78, 5) is 10.7. The first-order chi connectivity index (χ1) is 8.01. The molecule has 0 bridgehead atoms. The summed E-state index contributed by atoms with van der Waals surface area (Å²) in [6.07, 6.45) is 1.58. The molecule has 0 aromatic carbocycles. The lowest BCUT2D eigenvalue weighted by Gasteiger charge is -2.29. The summed E-state index contributed by atoms with van der Waals surface area (Å²) < 4.78 is 1.08. The molecule has 1 N–H and O–H groups in total. The van der Waals surface area contributed by atoms with Crippen LogP contribution >= 0.6 is 11.3 Å². The van der Waals surface area contributed by atoms with Crippen LogP contribution < -0.4 is 4.90 Å². The lowest BCUT2D eigenvalue weighted by molar-refractivity contribution is 0.0875. The molecule has 0 aliphatic carbocycles. The van der Waals surface area contributed by atoms with E-state index in [9.17, 15) is 5.11 Å². The minimum absolute atomic E-state index is 0.563. The highest BCUT2D eigenvalue weighted by molar-refractivity contribution is 7.17. The topological polar surface area (TPSA) is 49.2 Å². The summed E-state index contributed by atoms with van der Waals surface area (Å²) in [5.74, 6) is 0.912. The van der Waals surface area contributed by atoms with Gasteiger partial charge >= 0.3 is 0 Å². The maximum Gasteiger partial charge on any atom is 0.150 e. The molecule has 0 saturated heterocycles. The van der Waals surface area contributed by atoms with E-state index in [-0.39, 0.29) is 0 Å². The average molecular weight is 251 g/mol. The maximum atomic E-state index is 9.92. The minimum Gasteiger partial charge on any atom is -0.389 e. The van der Waals surface area contributed by atoms with Gasteiger partial charge < -0.3 is 10.0 Å². The van der Waals surface area contributed by atoms with Crippen molar-refractivity contribution in [3.8, 4) is 0 Å². The number of aromatic nitrogens is 2. The molecule has 2 heterocycles. The van der Waals surface area contributed by atoms with Gasteiger partial charge in [0.15, 0.2) is 0 Å². The van der Waals surface area contributed by atoms with Crippen LogP contribution in [0.3, 0.4) is 0 Å². The van der Waals surface area contributed by atoms with Gasteiger partial charge in [0.25, 0.3) is 0 Å². The van der Waals surface area contributed by atoms with E-state index in [1.165, 1.54) is 0 Å². The van der Waals surface area contributed by atoms with E-state index in [1.807, 2.05) is 25.3 Å². The molecule has 2 aromatic heterocycles. The van der Waals surface area contributed by atoms with Crippen molar-refractivity contribution < 1.29 is 5.11 Å². The minimum atomic E-state index is -0.732. The van der Waals surface area contributed by atoms with Gasteiger partial charge in [0, 0.05) is 13.1 Å². The number of aliphatic hydroxyl groups is 1. The van der Waals surface area contributed by atoms with E-state index < -0.39 is 5.60 Å². The third kappa shape index (κ3) is 2.73. The van der Waals surface area contributed by atoms with Crippen LogP contribution in [0.1, 0.15) is 20.8 Å². The maximum absolute atomic E-state index is 9.92. The highest BCUT2D eigenvalue weighted by Gasteiger charge is 2.20. The molecule has 0 aliphatic rings. The summed E-state index contributed by atoms with van der Waals surface area (Å²) in [6, 6.07) is 1.99. The third-order valence-electron chi connectivity index (χ3n) is 2.48. The summed E-state index contributed by atoms with van der Waals surface area (Å²) in [5, 5.41) is 11.9. The summed E-state index contributed by atoms with van der Waals surface area (Å²) in [5.41, 5.74) is 0.235. The summed E-state index contributed by atoms with van der Waals surface area (Å²) in [7, 11) is 0. The molecule has 0 amide bonds. The van der Waals surface area contributed by atoms with Crippen molar-refractivity contribution in [2.75, 3.05) is 18.0 Å². The molecule has 92 valence electrons. The molecule has 2 aromatic rings. The van der Waals surface area contributed by atoms with Gasteiger partial charge in [0.05, 0.1) is 15.8 Å². The van der Waals surface area contributed by atoms with Gasteiger partial charge in [-0.15, -0.1) is 11.3 Å². The molecule has 0 saturated carbocycles. The van der Waals surface area contributed by atoms with Gasteiger partial charge in [-0.1, -0.05) is 0 Å². The van der Waals surface area contributed by atoms with Crippen molar-refractivity contribution in [1.82, 2.24) is 9.97 Å². The highest BCUT2D eigenvalue weighted by Crippen LogP contribution is 2.28. The Morgan fingerprint density at radius 2 is 2.18 bits per heavy atom. The van der Waals surface area contributed by atoms with Crippen LogP contribution in [0.2, 0.25) is 0 Å². The Kier molecular flexibility index (Phi) is 3.31. The van der Waals surface area contributed by atoms with Crippen molar-refractivity contribution >= 4 is 27.4 Å². The highest BCUT2D eigenvalue weighted by atomic mass is 32.1. The molecule has 0 radical (unpaired) electrons. The lowest BCUT2D eigenvalue weighted by atomic mass is 10.1. The van der Waals surface area contributed by atoms with E-state index >= 15 is 0 Å². The van der Waals surface area contributed by atoms with E-state index in [0.717, 1.165) is 22.6 Å². The zero-order valence-electron chi connectivity index (χ0n) is 10.3. The molecule has 0 spiro atoms. The molecule has 0 fully saturated rings. The smallest absolute Gasteiger partial charge is 0.150 e. The first-order valence-corrected chi connectivity index (χ1v) is 6.55. The fourth-order valence-electron chi connectivity index (χ4n) is 1.80. The Bertz CT molecular complexity index is 504. The number of thiophene rings is 1. The van der Waals surface area contributed by atoms with E-state index in [2.05, 4.69) is 21.8 Å². The number of anilines is 1. The van der Waals surface area contributed by atoms with Crippen molar-refractivity contribution in [2.24, 2.45) is 0 Å². The van der Waals surface area contributed by atoms with Gasteiger partial charge in [0.1, 0.15) is 12.1 Å². The van der Waals surface area contributed by atoms with Gasteiger partial charge in [0.2, 0.25) is 0 Å². The van der Waals surface area contributed by atoms with Crippen LogP contribution in [0, 0.1) is 0 Å². The molecule has 0 unspecified atom stereocenters. The molecule has 4 nitrogen and oxygen atoms in total. The number of rotatable bonds is 4. The fraction of sp³-hybridized carbons (Fsp3) is 0.500. The van der Waals surface area contributed by atoms with Crippen LogP contribution in [-0.4, -0.2) is 33.8 Å². The van der Waals surface area contributed by atoms with Crippen molar-refractivity contribution in [3.05, 3.63) is 17.8 Å². The molecule has 17 heavy (non-hydrogen) atoms. The molecule has 0 atom stereocenters. The largest absolute Gasteiger partial charge is 0.389 e.